The van der Waals surface area contributed by atoms with Crippen molar-refractivity contribution in [2.45, 2.75) is 51.1 Å². The van der Waals surface area contributed by atoms with Gasteiger partial charge < -0.3 is 9.64 Å². The van der Waals surface area contributed by atoms with E-state index in [2.05, 4.69) is 5.32 Å². The van der Waals surface area contributed by atoms with Gasteiger partial charge in [0.15, 0.2) is 9.84 Å². The smallest absolute Gasteiger partial charge is 0.419 e. The predicted octanol–water partition coefficient (Wildman–Crippen LogP) is 3.73. The average molecular weight is 491 g/mol. The standard InChI is InChI=1S/C22H29F3N2O5S/c1-15(14-33(30,31)10-4-2-3-9-27-12-20(28)26-21(27)29)17-7-8-18(22(23,24)25)19(11-17)32-13-16-5-6-16/h7-8,11,15-16H,2-6,9-10,12-14H2,1H3,(H,26,28,29)/t15-/m1/s1. The Morgan fingerprint density at radius 3 is 2.52 bits per heavy atom. The van der Waals surface area contributed by atoms with Crippen LogP contribution in [-0.4, -0.2) is 56.5 Å². The zero-order chi connectivity index (χ0) is 24.2. The third-order valence-electron chi connectivity index (χ3n) is 5.81. The summed E-state index contributed by atoms with van der Waals surface area (Å²) in [5.74, 6) is -1.02. The van der Waals surface area contributed by atoms with E-state index >= 15 is 0 Å². The summed E-state index contributed by atoms with van der Waals surface area (Å²) in [7, 11) is -3.43. The summed E-state index contributed by atoms with van der Waals surface area (Å²) in [4.78, 5) is 24.0. The number of halogens is 3. The van der Waals surface area contributed by atoms with E-state index in [4.69, 9.17) is 4.74 Å². The molecular formula is C22H29F3N2O5S. The molecule has 3 amide bonds. The second kappa shape index (κ2) is 10.3. The molecule has 0 unspecified atom stereocenters. The average Bonchev–Trinajstić information content (AvgIpc) is 3.48. The Bertz CT molecular complexity index is 977. The van der Waals surface area contributed by atoms with Crippen molar-refractivity contribution >= 4 is 21.8 Å². The molecule has 0 radical (unpaired) electrons. The van der Waals surface area contributed by atoms with Gasteiger partial charge in [-0.1, -0.05) is 19.4 Å². The SMILES string of the molecule is C[C@H](CS(=O)(=O)CCCCCN1CC(=O)NC1=O)c1ccc(C(F)(F)F)c(OCC2CC2)c1. The first-order chi connectivity index (χ1) is 15.4. The van der Waals surface area contributed by atoms with Gasteiger partial charge in [0.2, 0.25) is 5.91 Å². The Labute approximate surface area is 191 Å². The molecule has 0 bridgehead atoms. The minimum Gasteiger partial charge on any atom is -0.493 e. The highest BCUT2D eigenvalue weighted by Gasteiger charge is 2.35. The maximum absolute atomic E-state index is 13.3. The molecule has 33 heavy (non-hydrogen) atoms. The minimum absolute atomic E-state index is 0.0220. The van der Waals surface area contributed by atoms with Gasteiger partial charge in [-0.15, -0.1) is 0 Å². The molecule has 184 valence electrons. The number of ether oxygens (including phenoxy) is 1. The van der Waals surface area contributed by atoms with Crippen molar-refractivity contribution in [2.75, 3.05) is 31.2 Å². The first-order valence-electron chi connectivity index (χ1n) is 11.1. The van der Waals surface area contributed by atoms with Gasteiger partial charge in [-0.25, -0.2) is 13.2 Å². The molecule has 11 heteroatoms. The second-order valence-corrected chi connectivity index (χ2v) is 11.1. The molecule has 1 N–H and O–H groups in total. The lowest BCUT2D eigenvalue weighted by Crippen LogP contribution is -2.29. The maximum atomic E-state index is 13.3. The van der Waals surface area contributed by atoms with E-state index in [1.807, 2.05) is 0 Å². The summed E-state index contributed by atoms with van der Waals surface area (Å²) in [6.07, 6.45) is -1.10. The number of benzene rings is 1. The van der Waals surface area contributed by atoms with E-state index in [0.717, 1.165) is 18.9 Å². The monoisotopic (exact) mass is 490 g/mol. The molecule has 1 heterocycles. The fourth-order valence-corrected chi connectivity index (χ4v) is 5.48. The number of amides is 3. The lowest BCUT2D eigenvalue weighted by Gasteiger charge is -2.18. The van der Waals surface area contributed by atoms with E-state index in [9.17, 15) is 31.2 Å². The number of hydrogen-bond donors (Lipinski definition) is 1. The number of carbonyl (C=O) groups excluding carboxylic acids is 2. The van der Waals surface area contributed by atoms with Crippen LogP contribution in [0.5, 0.6) is 5.75 Å². The van der Waals surface area contributed by atoms with Crippen LogP contribution in [0.25, 0.3) is 0 Å². The lowest BCUT2D eigenvalue weighted by atomic mass is 10.0. The number of alkyl halides is 3. The Hall–Kier alpha value is -2.30. The summed E-state index contributed by atoms with van der Waals surface area (Å²) in [6.45, 7) is 2.30. The molecule has 7 nitrogen and oxygen atoms in total. The van der Waals surface area contributed by atoms with Gasteiger partial charge in [-0.05, 0) is 55.2 Å². The van der Waals surface area contributed by atoms with Crippen molar-refractivity contribution in [2.24, 2.45) is 5.92 Å². The van der Waals surface area contributed by atoms with E-state index in [1.54, 1.807) is 6.92 Å². The molecule has 0 aromatic heterocycles. The molecule has 1 aliphatic heterocycles. The van der Waals surface area contributed by atoms with Crippen LogP contribution >= 0.6 is 0 Å². The molecule has 1 aromatic carbocycles. The quantitative estimate of drug-likeness (QED) is 0.356. The molecule has 2 fully saturated rings. The first-order valence-corrected chi connectivity index (χ1v) is 12.9. The van der Waals surface area contributed by atoms with Crippen LogP contribution in [0.4, 0.5) is 18.0 Å². The molecule has 3 rings (SSSR count). The normalized spacial score (nSPS) is 17.9. The number of hydrogen-bond acceptors (Lipinski definition) is 5. The second-order valence-electron chi connectivity index (χ2n) is 8.86. The zero-order valence-electron chi connectivity index (χ0n) is 18.5. The molecule has 1 atom stereocenters. The van der Waals surface area contributed by atoms with Crippen molar-refractivity contribution in [3.05, 3.63) is 29.3 Å². The van der Waals surface area contributed by atoms with Crippen LogP contribution < -0.4 is 10.1 Å². The molecule has 1 saturated carbocycles. The van der Waals surface area contributed by atoms with Crippen LogP contribution in [-0.2, 0) is 20.8 Å². The van der Waals surface area contributed by atoms with E-state index < -0.39 is 33.5 Å². The van der Waals surface area contributed by atoms with Gasteiger partial charge in [-0.2, -0.15) is 13.2 Å². The third-order valence-corrected chi connectivity index (χ3v) is 7.73. The van der Waals surface area contributed by atoms with E-state index in [0.29, 0.717) is 31.4 Å². The van der Waals surface area contributed by atoms with Crippen molar-refractivity contribution in [1.29, 1.82) is 0 Å². The molecule has 1 aliphatic carbocycles. The van der Waals surface area contributed by atoms with Crippen LogP contribution in [0.15, 0.2) is 18.2 Å². The molecule has 1 saturated heterocycles. The van der Waals surface area contributed by atoms with Crippen molar-refractivity contribution < 1.29 is 35.9 Å². The summed E-state index contributed by atoms with van der Waals surface area (Å²) >= 11 is 0. The van der Waals surface area contributed by atoms with Crippen molar-refractivity contribution in [3.63, 3.8) is 0 Å². The Kier molecular flexibility index (Phi) is 7.92. The van der Waals surface area contributed by atoms with Crippen molar-refractivity contribution in [1.82, 2.24) is 10.2 Å². The summed E-state index contributed by atoms with van der Waals surface area (Å²) < 4.78 is 70.4. The Morgan fingerprint density at radius 1 is 1.18 bits per heavy atom. The van der Waals surface area contributed by atoms with E-state index in [-0.39, 0.29) is 42.2 Å². The van der Waals surface area contributed by atoms with Gasteiger partial charge >= 0.3 is 12.2 Å². The van der Waals surface area contributed by atoms with Crippen molar-refractivity contribution in [3.8, 4) is 5.75 Å². The highest BCUT2D eigenvalue weighted by atomic mass is 32.2. The van der Waals surface area contributed by atoms with Crippen LogP contribution in [0.1, 0.15) is 56.1 Å². The Balaban J connectivity index is 1.51. The fourth-order valence-electron chi connectivity index (χ4n) is 3.72. The number of rotatable bonds is 12. The summed E-state index contributed by atoms with van der Waals surface area (Å²) in [6, 6.07) is 3.15. The number of nitrogens with zero attached hydrogens (tertiary/aromatic N) is 1. The predicted molar refractivity (Wildman–Crippen MR) is 116 cm³/mol. The van der Waals surface area contributed by atoms with Gasteiger partial charge in [0.25, 0.3) is 0 Å². The molecule has 0 spiro atoms. The topological polar surface area (TPSA) is 92.8 Å². The minimum atomic E-state index is -4.55. The summed E-state index contributed by atoms with van der Waals surface area (Å²) in [5.41, 5.74) is -0.363. The Morgan fingerprint density at radius 2 is 1.91 bits per heavy atom. The maximum Gasteiger partial charge on any atom is 0.419 e. The first kappa shape index (κ1) is 25.3. The molecular weight excluding hydrogens is 461 g/mol. The highest BCUT2D eigenvalue weighted by Crippen LogP contribution is 2.39. The van der Waals surface area contributed by atoms with Crippen LogP contribution in [0.2, 0.25) is 0 Å². The fraction of sp³-hybridized carbons (Fsp3) is 0.636. The van der Waals surface area contributed by atoms with Gasteiger partial charge in [-0.3, -0.25) is 10.1 Å². The van der Waals surface area contributed by atoms with Gasteiger partial charge in [0, 0.05) is 6.54 Å². The molecule has 2 aliphatic rings. The lowest BCUT2D eigenvalue weighted by molar-refractivity contribution is -0.139. The van der Waals surface area contributed by atoms with Gasteiger partial charge in [0.1, 0.15) is 12.3 Å². The number of urea groups is 1. The number of nitrogens with one attached hydrogen (secondary N) is 1. The number of carbonyl (C=O) groups is 2. The number of imide groups is 1. The number of unbranched alkanes of at least 4 members (excludes halogenated alkanes) is 2. The van der Waals surface area contributed by atoms with Crippen LogP contribution in [0.3, 0.4) is 0 Å². The zero-order valence-corrected chi connectivity index (χ0v) is 19.3. The third kappa shape index (κ3) is 7.62. The molecule has 1 aromatic rings. The van der Waals surface area contributed by atoms with Crippen LogP contribution in [0, 0.1) is 5.92 Å². The van der Waals surface area contributed by atoms with Gasteiger partial charge in [0.05, 0.1) is 23.7 Å². The largest absolute Gasteiger partial charge is 0.493 e. The van der Waals surface area contributed by atoms with E-state index in [1.165, 1.54) is 17.0 Å². The highest BCUT2D eigenvalue weighted by molar-refractivity contribution is 7.91. The summed E-state index contributed by atoms with van der Waals surface area (Å²) in [5, 5.41) is 2.18. The number of sulfone groups is 1.